The summed E-state index contributed by atoms with van der Waals surface area (Å²) in [5, 5.41) is 11.1. The van der Waals surface area contributed by atoms with Crippen molar-refractivity contribution < 1.29 is 9.59 Å². The summed E-state index contributed by atoms with van der Waals surface area (Å²) in [4.78, 5) is 26.7. The largest absolute Gasteiger partial charge is 0.394 e. The summed E-state index contributed by atoms with van der Waals surface area (Å²) in [7, 11) is 1.82. The first-order valence-electron chi connectivity index (χ1n) is 8.84. The van der Waals surface area contributed by atoms with E-state index < -0.39 is 5.91 Å². The van der Waals surface area contributed by atoms with Crippen molar-refractivity contribution in [3.8, 4) is 0 Å². The summed E-state index contributed by atoms with van der Waals surface area (Å²) < 4.78 is 0. The van der Waals surface area contributed by atoms with Gasteiger partial charge in [-0.1, -0.05) is 38.1 Å². The Hall–Kier alpha value is -3.06. The van der Waals surface area contributed by atoms with Crippen LogP contribution in [0.4, 0.5) is 5.82 Å². The maximum Gasteiger partial charge on any atom is 0.276 e. The molecule has 0 saturated carbocycles. The predicted molar refractivity (Wildman–Crippen MR) is 103 cm³/mol. The van der Waals surface area contributed by atoms with Crippen molar-refractivity contribution >= 4 is 17.5 Å². The highest BCUT2D eigenvalue weighted by molar-refractivity contribution is 6.20. The number of rotatable bonds is 6. The average Bonchev–Trinajstić information content (AvgIpc) is 2.97. The maximum atomic E-state index is 12.8. The van der Waals surface area contributed by atoms with E-state index in [4.69, 9.17) is 5.73 Å². The first-order chi connectivity index (χ1) is 12.9. The Morgan fingerprint density at radius 1 is 1.19 bits per heavy atom. The van der Waals surface area contributed by atoms with Gasteiger partial charge in [0.1, 0.15) is 5.70 Å². The Labute approximate surface area is 158 Å². The van der Waals surface area contributed by atoms with Crippen molar-refractivity contribution in [1.82, 2.24) is 15.5 Å². The molecule has 0 aliphatic carbocycles. The lowest BCUT2D eigenvalue weighted by Crippen LogP contribution is -2.29. The van der Waals surface area contributed by atoms with Gasteiger partial charge in [-0.25, -0.2) is 0 Å². The number of nitrogens with two attached hydrogens (primary N) is 1. The molecule has 0 radical (unpaired) electrons. The van der Waals surface area contributed by atoms with Crippen molar-refractivity contribution in [3.63, 3.8) is 0 Å². The molecule has 0 fully saturated rings. The van der Waals surface area contributed by atoms with Crippen LogP contribution in [0.25, 0.3) is 0 Å². The fourth-order valence-electron chi connectivity index (χ4n) is 2.93. The number of hydrogen-bond donors (Lipinski definition) is 2. The van der Waals surface area contributed by atoms with Crippen LogP contribution in [0.1, 0.15) is 41.4 Å². The van der Waals surface area contributed by atoms with Gasteiger partial charge in [0.05, 0.1) is 12.2 Å². The summed E-state index contributed by atoms with van der Waals surface area (Å²) >= 11 is 0. The van der Waals surface area contributed by atoms with E-state index in [9.17, 15) is 9.59 Å². The number of nitrogens with one attached hydrogen (secondary N) is 1. The van der Waals surface area contributed by atoms with Crippen LogP contribution in [-0.2, 0) is 11.3 Å². The Bertz CT molecular complexity index is 886. The number of Topliss-reactive ketones (excluding diaryl/α,β-unsaturated/α-hetero) is 1. The second kappa shape index (κ2) is 7.67. The van der Waals surface area contributed by atoms with E-state index in [0.717, 1.165) is 11.3 Å². The minimum absolute atomic E-state index is 0.0333. The van der Waals surface area contributed by atoms with Crippen LogP contribution in [0.15, 0.2) is 47.7 Å². The van der Waals surface area contributed by atoms with Crippen LogP contribution < -0.4 is 16.0 Å². The van der Waals surface area contributed by atoms with Gasteiger partial charge < -0.3 is 11.1 Å². The number of nitrogens with zero attached hydrogens (tertiary/aromatic N) is 3. The summed E-state index contributed by atoms with van der Waals surface area (Å²) in [6.07, 6.45) is 0. The fraction of sp³-hybridized carbons (Fsp3) is 0.300. The fourth-order valence-corrected chi connectivity index (χ4v) is 2.93. The molecule has 27 heavy (non-hydrogen) atoms. The number of benzene rings is 1. The van der Waals surface area contributed by atoms with Crippen molar-refractivity contribution in [3.05, 3.63) is 64.5 Å². The van der Waals surface area contributed by atoms with Gasteiger partial charge in [-0.3, -0.25) is 14.5 Å². The quantitative estimate of drug-likeness (QED) is 0.757. The van der Waals surface area contributed by atoms with E-state index in [0.29, 0.717) is 29.4 Å². The zero-order chi connectivity index (χ0) is 19.6. The molecule has 0 atom stereocenters. The molecule has 0 unspecified atom stereocenters. The molecule has 2 heterocycles. The topological polar surface area (TPSA) is 101 Å². The highest BCUT2D eigenvalue weighted by Gasteiger charge is 2.34. The van der Waals surface area contributed by atoms with Gasteiger partial charge in [0.25, 0.3) is 5.91 Å². The molecule has 3 rings (SSSR count). The molecule has 1 aliphatic rings. The van der Waals surface area contributed by atoms with Crippen LogP contribution in [0, 0.1) is 0 Å². The average molecular weight is 365 g/mol. The molecule has 7 nitrogen and oxygen atoms in total. The Morgan fingerprint density at radius 2 is 1.89 bits per heavy atom. The molecule has 1 amide bonds. The molecule has 1 aromatic heterocycles. The predicted octanol–water partition coefficient (Wildman–Crippen LogP) is 1.76. The number of anilines is 1. The number of aromatic nitrogens is 2. The lowest BCUT2D eigenvalue weighted by molar-refractivity contribution is -0.114. The highest BCUT2D eigenvalue weighted by atomic mass is 16.2. The molecule has 2 aromatic rings. The minimum atomic E-state index is -0.423. The molecule has 1 aromatic carbocycles. The van der Waals surface area contributed by atoms with E-state index in [2.05, 4.69) is 29.4 Å². The summed E-state index contributed by atoms with van der Waals surface area (Å²) in [5.74, 6) is 0.0958. The summed E-state index contributed by atoms with van der Waals surface area (Å²) in [5.41, 5.74) is 8.63. The van der Waals surface area contributed by atoms with E-state index >= 15 is 0 Å². The van der Waals surface area contributed by atoms with Gasteiger partial charge in [0.15, 0.2) is 11.6 Å². The molecule has 140 valence electrons. The van der Waals surface area contributed by atoms with Gasteiger partial charge in [-0.05, 0) is 30.7 Å². The van der Waals surface area contributed by atoms with Gasteiger partial charge in [-0.2, -0.15) is 5.10 Å². The zero-order valence-electron chi connectivity index (χ0n) is 15.7. The molecule has 0 saturated heterocycles. The molecule has 1 aliphatic heterocycles. The zero-order valence-corrected chi connectivity index (χ0v) is 15.7. The summed E-state index contributed by atoms with van der Waals surface area (Å²) in [6, 6.07) is 10.9. The van der Waals surface area contributed by atoms with Gasteiger partial charge in [0.2, 0.25) is 0 Å². The van der Waals surface area contributed by atoms with Gasteiger partial charge in [-0.15, -0.1) is 5.10 Å². The molecule has 3 N–H and O–H groups in total. The van der Waals surface area contributed by atoms with Crippen molar-refractivity contribution in [2.45, 2.75) is 26.3 Å². The molecular formula is C20H23N5O2. The van der Waals surface area contributed by atoms with Crippen LogP contribution in [0.5, 0.6) is 0 Å². The number of amides is 1. The number of ketones is 1. The monoisotopic (exact) mass is 365 g/mol. The van der Waals surface area contributed by atoms with Gasteiger partial charge in [0, 0.05) is 17.7 Å². The third kappa shape index (κ3) is 3.73. The molecule has 0 bridgehead atoms. The van der Waals surface area contributed by atoms with Crippen LogP contribution >= 0.6 is 0 Å². The van der Waals surface area contributed by atoms with Gasteiger partial charge >= 0.3 is 0 Å². The number of carbonyl (C=O) groups is 2. The smallest absolute Gasteiger partial charge is 0.276 e. The highest BCUT2D eigenvalue weighted by Crippen LogP contribution is 2.25. The van der Waals surface area contributed by atoms with E-state index in [1.807, 2.05) is 19.2 Å². The summed E-state index contributed by atoms with van der Waals surface area (Å²) in [6.45, 7) is 4.86. The third-order valence-corrected chi connectivity index (χ3v) is 4.57. The van der Waals surface area contributed by atoms with Crippen molar-refractivity contribution in [2.24, 2.45) is 5.73 Å². The Balaban J connectivity index is 1.80. The second-order valence-electron chi connectivity index (χ2n) is 6.80. The number of carbonyl (C=O) groups excluding carboxylic acids is 2. The first kappa shape index (κ1) is 18.7. The maximum absolute atomic E-state index is 12.8. The minimum Gasteiger partial charge on any atom is -0.394 e. The second-order valence-corrected chi connectivity index (χ2v) is 6.80. The van der Waals surface area contributed by atoms with Crippen molar-refractivity contribution in [1.29, 1.82) is 0 Å². The number of hydrogen-bond acceptors (Lipinski definition) is 6. The van der Waals surface area contributed by atoms with Crippen LogP contribution in [-0.4, -0.2) is 35.5 Å². The Morgan fingerprint density at radius 3 is 2.44 bits per heavy atom. The SMILES string of the molecule is CNCc1ccc(N2CC(C(=O)c3ccc(C(C)C)cc3)=C(N)C2=O)nn1. The molecule has 7 heteroatoms. The lowest BCUT2D eigenvalue weighted by atomic mass is 9.98. The first-order valence-corrected chi connectivity index (χ1v) is 8.84. The Kier molecular flexibility index (Phi) is 5.32. The van der Waals surface area contributed by atoms with E-state index in [1.165, 1.54) is 4.90 Å². The van der Waals surface area contributed by atoms with Crippen molar-refractivity contribution in [2.75, 3.05) is 18.5 Å². The standard InChI is InChI=1S/C20H23N5O2/c1-12(2)13-4-6-14(7-5-13)19(26)16-11-25(20(27)18(16)21)17-9-8-15(10-22-3)23-24-17/h4-9,12,22H,10-11,21H2,1-3H3. The van der Waals surface area contributed by atoms with E-state index in [-0.39, 0.29) is 18.0 Å². The van der Waals surface area contributed by atoms with E-state index in [1.54, 1.807) is 24.3 Å². The van der Waals surface area contributed by atoms with Crippen LogP contribution in [0.3, 0.4) is 0 Å². The lowest BCUT2D eigenvalue weighted by Gasteiger charge is -2.15. The third-order valence-electron chi connectivity index (χ3n) is 4.57. The molecular weight excluding hydrogens is 342 g/mol. The molecule has 0 spiro atoms. The van der Waals surface area contributed by atoms with Crippen LogP contribution in [0.2, 0.25) is 0 Å². The normalized spacial score (nSPS) is 14.4.